The molecule has 0 atom stereocenters. The number of Topliss-reactive ketones (excluding diaryl/α,β-unsaturated/α-hetero) is 1. The number of pyridine rings is 1. The quantitative estimate of drug-likeness (QED) is 0.689. The van der Waals surface area contributed by atoms with Crippen molar-refractivity contribution >= 4 is 17.4 Å². The Balaban J connectivity index is 2.32. The van der Waals surface area contributed by atoms with Crippen LogP contribution < -0.4 is 0 Å². The Morgan fingerprint density at radius 3 is 3.06 bits per heavy atom. The summed E-state index contributed by atoms with van der Waals surface area (Å²) in [5.41, 5.74) is 0.845. The van der Waals surface area contributed by atoms with E-state index >= 15 is 0 Å². The highest BCUT2D eigenvalue weighted by Gasteiger charge is 2.06. The Kier molecular flexibility index (Phi) is 6.04. The van der Waals surface area contributed by atoms with Gasteiger partial charge in [0, 0.05) is 38.4 Å². The van der Waals surface area contributed by atoms with E-state index < -0.39 is 0 Å². The summed E-state index contributed by atoms with van der Waals surface area (Å²) in [5.74, 6) is 0.188. The number of ether oxygens (including phenoxy) is 1. The van der Waals surface area contributed by atoms with Crippen molar-refractivity contribution in [3.05, 3.63) is 29.0 Å². The first kappa shape index (κ1) is 13.1. The molecule has 1 aromatic rings. The van der Waals surface area contributed by atoms with Gasteiger partial charge in [0.05, 0.1) is 5.02 Å². The van der Waals surface area contributed by atoms with Gasteiger partial charge in [-0.25, -0.2) is 0 Å². The molecule has 0 radical (unpaired) electrons. The van der Waals surface area contributed by atoms with Crippen molar-refractivity contribution in [2.24, 2.45) is 0 Å². The van der Waals surface area contributed by atoms with Gasteiger partial charge in [-0.2, -0.15) is 0 Å². The fourth-order valence-electron chi connectivity index (χ4n) is 1.36. The van der Waals surface area contributed by atoms with Crippen LogP contribution in [0, 0.1) is 0 Å². The topological polar surface area (TPSA) is 39.2 Å². The van der Waals surface area contributed by atoms with Crippen molar-refractivity contribution in [2.45, 2.75) is 26.2 Å². The Hall–Kier alpha value is -0.930. The van der Waals surface area contributed by atoms with Crippen molar-refractivity contribution in [1.29, 1.82) is 0 Å². The van der Waals surface area contributed by atoms with Gasteiger partial charge in [0.2, 0.25) is 0 Å². The fraction of sp³-hybridized carbons (Fsp3) is 0.500. The fourth-order valence-corrected chi connectivity index (χ4v) is 1.55. The Morgan fingerprint density at radius 2 is 2.38 bits per heavy atom. The normalized spacial score (nSPS) is 10.4. The molecule has 0 N–H and O–H groups in total. The van der Waals surface area contributed by atoms with Crippen LogP contribution in [0.15, 0.2) is 18.5 Å². The Morgan fingerprint density at radius 1 is 1.56 bits per heavy atom. The van der Waals surface area contributed by atoms with E-state index in [1.54, 1.807) is 18.5 Å². The largest absolute Gasteiger partial charge is 0.382 e. The van der Waals surface area contributed by atoms with Gasteiger partial charge in [-0.05, 0) is 25.0 Å². The van der Waals surface area contributed by atoms with Crippen molar-refractivity contribution in [1.82, 2.24) is 4.98 Å². The summed E-state index contributed by atoms with van der Waals surface area (Å²) >= 11 is 5.91. The van der Waals surface area contributed by atoms with E-state index in [1.165, 1.54) is 0 Å². The molecule has 0 aliphatic rings. The van der Waals surface area contributed by atoms with Crippen LogP contribution in [0.25, 0.3) is 0 Å². The van der Waals surface area contributed by atoms with Gasteiger partial charge in [-0.15, -0.1) is 0 Å². The van der Waals surface area contributed by atoms with Crippen molar-refractivity contribution < 1.29 is 9.53 Å². The summed E-state index contributed by atoms with van der Waals surface area (Å²) in [4.78, 5) is 15.5. The smallest absolute Gasteiger partial charge is 0.137 e. The number of hydrogen-bond donors (Lipinski definition) is 0. The molecule has 88 valence electrons. The molecule has 0 aliphatic carbocycles. The molecular formula is C12H16ClNO2. The van der Waals surface area contributed by atoms with Gasteiger partial charge in [0.1, 0.15) is 5.78 Å². The second-order valence-corrected chi connectivity index (χ2v) is 3.89. The van der Waals surface area contributed by atoms with E-state index in [4.69, 9.17) is 16.3 Å². The predicted molar refractivity (Wildman–Crippen MR) is 63.7 cm³/mol. The van der Waals surface area contributed by atoms with Crippen molar-refractivity contribution in [3.8, 4) is 0 Å². The number of carbonyl (C=O) groups is 1. The molecule has 3 nitrogen and oxygen atoms in total. The summed E-state index contributed by atoms with van der Waals surface area (Å²) in [6, 6.07) is 1.78. The zero-order valence-corrected chi connectivity index (χ0v) is 10.2. The van der Waals surface area contributed by atoms with Crippen LogP contribution >= 0.6 is 11.6 Å². The lowest BCUT2D eigenvalue weighted by molar-refractivity contribution is -0.118. The van der Waals surface area contributed by atoms with E-state index in [1.807, 2.05) is 6.92 Å². The van der Waals surface area contributed by atoms with E-state index in [0.717, 1.165) is 12.0 Å². The number of nitrogens with zero attached hydrogens (tertiary/aromatic N) is 1. The van der Waals surface area contributed by atoms with Gasteiger partial charge in [-0.3, -0.25) is 9.78 Å². The molecule has 1 rings (SSSR count). The molecule has 1 aromatic heterocycles. The number of carbonyl (C=O) groups excluding carboxylic acids is 1. The molecule has 16 heavy (non-hydrogen) atoms. The minimum absolute atomic E-state index is 0.188. The minimum atomic E-state index is 0.188. The van der Waals surface area contributed by atoms with Crippen LogP contribution in [0.4, 0.5) is 0 Å². The second-order valence-electron chi connectivity index (χ2n) is 3.48. The molecule has 0 saturated carbocycles. The van der Waals surface area contributed by atoms with Gasteiger partial charge >= 0.3 is 0 Å². The highest BCUT2D eigenvalue weighted by Crippen LogP contribution is 2.14. The van der Waals surface area contributed by atoms with Crippen molar-refractivity contribution in [2.75, 3.05) is 13.2 Å². The van der Waals surface area contributed by atoms with Crippen LogP contribution in [-0.4, -0.2) is 24.0 Å². The summed E-state index contributed by atoms with van der Waals surface area (Å²) in [7, 11) is 0. The average Bonchev–Trinajstić information content (AvgIpc) is 2.28. The van der Waals surface area contributed by atoms with Gasteiger partial charge in [0.15, 0.2) is 0 Å². The van der Waals surface area contributed by atoms with Gasteiger partial charge in [0.25, 0.3) is 0 Å². The Bertz CT molecular complexity index is 342. The maximum atomic E-state index is 11.6. The molecule has 1 heterocycles. The van der Waals surface area contributed by atoms with Gasteiger partial charge in [-0.1, -0.05) is 11.6 Å². The monoisotopic (exact) mass is 241 g/mol. The summed E-state index contributed by atoms with van der Waals surface area (Å²) < 4.78 is 5.17. The lowest BCUT2D eigenvalue weighted by Crippen LogP contribution is -2.05. The third-order valence-corrected chi connectivity index (χ3v) is 2.53. The number of ketones is 1. The molecular weight excluding hydrogens is 226 g/mol. The highest BCUT2D eigenvalue weighted by molar-refractivity contribution is 6.31. The van der Waals surface area contributed by atoms with E-state index in [9.17, 15) is 4.79 Å². The summed E-state index contributed by atoms with van der Waals surface area (Å²) in [5, 5.41) is 0.556. The number of halogens is 1. The second kappa shape index (κ2) is 7.36. The predicted octanol–water partition coefficient (Wildman–Crippen LogP) is 2.66. The maximum Gasteiger partial charge on any atom is 0.137 e. The first-order valence-corrected chi connectivity index (χ1v) is 5.79. The molecule has 4 heteroatoms. The highest BCUT2D eigenvalue weighted by atomic mass is 35.5. The maximum absolute atomic E-state index is 11.6. The SMILES string of the molecule is CCOCCCC(=O)Cc1ccncc1Cl. The lowest BCUT2D eigenvalue weighted by Gasteiger charge is -2.03. The molecule has 0 amide bonds. The zero-order valence-electron chi connectivity index (χ0n) is 9.41. The molecule has 0 fully saturated rings. The molecule has 0 bridgehead atoms. The number of aromatic nitrogens is 1. The number of rotatable bonds is 7. The molecule has 0 spiro atoms. The van der Waals surface area contributed by atoms with E-state index in [-0.39, 0.29) is 5.78 Å². The van der Waals surface area contributed by atoms with Crippen LogP contribution in [0.3, 0.4) is 0 Å². The average molecular weight is 242 g/mol. The minimum Gasteiger partial charge on any atom is -0.382 e. The zero-order chi connectivity index (χ0) is 11.8. The standard InChI is InChI=1S/C12H16ClNO2/c1-2-16-7-3-4-11(15)8-10-5-6-14-9-12(10)13/h5-6,9H,2-4,7-8H2,1H3. The van der Waals surface area contributed by atoms with Crippen LogP contribution in [-0.2, 0) is 16.0 Å². The summed E-state index contributed by atoms with van der Waals surface area (Å²) in [6.45, 7) is 3.29. The first-order valence-electron chi connectivity index (χ1n) is 5.42. The van der Waals surface area contributed by atoms with E-state index in [0.29, 0.717) is 31.1 Å². The molecule has 0 unspecified atom stereocenters. The van der Waals surface area contributed by atoms with Crippen molar-refractivity contribution in [3.63, 3.8) is 0 Å². The third kappa shape index (κ3) is 4.73. The Labute approximate surface area is 101 Å². The molecule has 0 aromatic carbocycles. The summed E-state index contributed by atoms with van der Waals surface area (Å²) in [6.07, 6.45) is 4.90. The first-order chi connectivity index (χ1) is 7.74. The van der Waals surface area contributed by atoms with Crippen LogP contribution in [0.5, 0.6) is 0 Å². The molecule has 0 aliphatic heterocycles. The van der Waals surface area contributed by atoms with E-state index in [2.05, 4.69) is 4.98 Å². The van der Waals surface area contributed by atoms with Gasteiger partial charge < -0.3 is 4.74 Å². The number of hydrogen-bond acceptors (Lipinski definition) is 3. The van der Waals surface area contributed by atoms with Crippen LogP contribution in [0.2, 0.25) is 5.02 Å². The third-order valence-electron chi connectivity index (χ3n) is 2.19. The lowest BCUT2D eigenvalue weighted by atomic mass is 10.1. The molecule has 0 saturated heterocycles. The van der Waals surface area contributed by atoms with Crippen LogP contribution in [0.1, 0.15) is 25.3 Å².